The number of fused-ring (bicyclic) bond motifs is 6. The van der Waals surface area contributed by atoms with Crippen molar-refractivity contribution in [2.24, 2.45) is 0 Å². The van der Waals surface area contributed by atoms with Crippen LogP contribution in [0.15, 0.2) is 253 Å². The van der Waals surface area contributed by atoms with Crippen molar-refractivity contribution in [3.8, 4) is 57.3 Å². The van der Waals surface area contributed by atoms with E-state index in [1.54, 1.807) is 63.5 Å². The van der Waals surface area contributed by atoms with Crippen molar-refractivity contribution in [3.63, 3.8) is 0 Å². The quantitative estimate of drug-likeness (QED) is 0.0386. The molecule has 12 aromatic heterocycles. The van der Waals surface area contributed by atoms with Crippen LogP contribution in [0.1, 0.15) is 107 Å². The van der Waals surface area contributed by atoms with Gasteiger partial charge in [-0.1, -0.05) is 115 Å². The summed E-state index contributed by atoms with van der Waals surface area (Å²) in [5.41, 5.74) is 11.3. The number of hydrogen-bond acceptors (Lipinski definition) is 28. The van der Waals surface area contributed by atoms with Gasteiger partial charge < -0.3 is 54.7 Å². The Morgan fingerprint density at radius 3 is 1.24 bits per heavy atom. The van der Waals surface area contributed by atoms with E-state index in [0.717, 1.165) is 130 Å². The average molecular weight is 1720 g/mol. The fraction of sp³-hybridized carbons (Fsp3) is 0.209. The van der Waals surface area contributed by atoms with Crippen LogP contribution in [0.2, 0.25) is 5.02 Å². The molecule has 18 aromatic rings. The normalized spacial score (nSPS) is 14.5. The van der Waals surface area contributed by atoms with Gasteiger partial charge in [0.05, 0.1) is 79.6 Å². The summed E-state index contributed by atoms with van der Waals surface area (Å²) in [4.78, 5) is 110. The summed E-state index contributed by atoms with van der Waals surface area (Å²) in [6.07, 6.45) is 24.9. The van der Waals surface area contributed by atoms with Gasteiger partial charge in [0.1, 0.15) is 37.0 Å². The van der Waals surface area contributed by atoms with Crippen LogP contribution in [-0.4, -0.2) is 154 Å². The van der Waals surface area contributed by atoms with Gasteiger partial charge in [-0.3, -0.25) is 37.2 Å². The van der Waals surface area contributed by atoms with E-state index in [2.05, 4.69) is 100 Å². The third-order valence-corrected chi connectivity index (χ3v) is 22.2. The summed E-state index contributed by atoms with van der Waals surface area (Å²) in [6.45, 7) is 7.46. The fourth-order valence-electron chi connectivity index (χ4n) is 15.7. The van der Waals surface area contributed by atoms with Gasteiger partial charge in [-0.15, -0.1) is 0 Å². The Kier molecular flexibility index (Phi) is 25.1. The first-order valence-electron chi connectivity index (χ1n) is 41.0. The van der Waals surface area contributed by atoms with E-state index < -0.39 is 7.12 Å². The highest BCUT2D eigenvalue weighted by Crippen LogP contribution is 2.37. The van der Waals surface area contributed by atoms with Gasteiger partial charge in [0.2, 0.25) is 0 Å². The number of nitrogens with zero attached hydrogens (tertiary/aromatic N) is 20. The molecule has 0 amide bonds. The maximum atomic E-state index is 14.4. The molecule has 2 saturated heterocycles. The zero-order valence-corrected chi connectivity index (χ0v) is 70.4. The molecule has 6 N–H and O–H groups in total. The third kappa shape index (κ3) is 17.6. The Balaban J connectivity index is 0.000000127. The number of H-pyrrole nitrogens is 1. The highest BCUT2D eigenvalue weighted by molar-refractivity contribution is 6.58. The summed E-state index contributed by atoms with van der Waals surface area (Å²) in [6, 6.07) is 51.8. The second-order valence-electron chi connectivity index (χ2n) is 29.8. The molecular weight excluding hydrogens is 1640 g/mol. The molecule has 2 unspecified atom stereocenters. The molecule has 0 saturated carbocycles. The first-order chi connectivity index (χ1) is 62.1. The number of methoxy groups -OCH3 is 3. The number of aromatic amines is 1. The zero-order valence-electron chi connectivity index (χ0n) is 69.6. The van der Waals surface area contributed by atoms with E-state index in [4.69, 9.17) is 40.6 Å². The second-order valence-corrected chi connectivity index (χ2v) is 30.2. The molecule has 0 radical (unpaired) electrons. The summed E-state index contributed by atoms with van der Waals surface area (Å²) in [5, 5.41) is 32.2. The summed E-state index contributed by atoms with van der Waals surface area (Å²) in [7, 11) is 2.94. The van der Waals surface area contributed by atoms with Crippen LogP contribution in [0.3, 0.4) is 0 Å². The standard InChI is InChI=1S/C32H30N8O3.C27H25ClN6O2.C27H22N8O2.C5H7BN2O3/c1-20(38-29-28-30(36-18-35-29)39(19-37-28)26-13-6-7-14-43-26)25-15-21-9-8-12-24(22-16-33-32(42-2)34-17-22)27(21)31(41)40(25)23-10-4-3-5-11-23;1-17(32-25-24-26(30-15-29-25)33(16-31-24)22-12-5-6-13-36-22)21-14-18-8-7-11-20(28)23(18)27(35)34(21)19-9-3-2-4-10-19;1-16(34-25-23-24(31-14-30-23)32-15-33-25)21-11-17-7-6-10-20(18-12-28-27(37-2)29-13-18)22(17)26(36)35(21)19-8-4-3-5-9-19;1-11-5-7-2-4(3-8-5)6(9)10/h3-5,8-12,15-20,26H,6-7,13-14H2,1-2H3,(H,35,36,38);2-4,7-11,14-17,22H,5-6,12-13H2,1H3,(H,29,30,32);3-16H,1-2H3,(H2,30,31,32,33,34);2-3,9-10H,1H3/t20-,26?;17-,22?;16-;/m000./s1. The molecule has 36 heteroatoms. The Hall–Kier alpha value is -15.2. The second kappa shape index (κ2) is 37.9. The van der Waals surface area contributed by atoms with E-state index in [-0.39, 0.29) is 70.8 Å². The van der Waals surface area contributed by atoms with Crippen molar-refractivity contribution in [1.29, 1.82) is 0 Å². The lowest BCUT2D eigenvalue weighted by Gasteiger charge is -2.24. The molecular formula is C91H84BClN24O10. The van der Waals surface area contributed by atoms with E-state index in [0.29, 0.717) is 66.5 Å². The maximum absolute atomic E-state index is 14.4. The Morgan fingerprint density at radius 1 is 0.441 bits per heavy atom. The van der Waals surface area contributed by atoms with Crippen molar-refractivity contribution in [2.75, 3.05) is 50.5 Å². The lowest BCUT2D eigenvalue weighted by Crippen LogP contribution is -2.30. The number of ether oxygens (including phenoxy) is 5. The van der Waals surface area contributed by atoms with Gasteiger partial charge in [-0.2, -0.15) is 0 Å². The van der Waals surface area contributed by atoms with Gasteiger partial charge in [-0.25, -0.2) is 74.8 Å². The van der Waals surface area contributed by atoms with Crippen LogP contribution >= 0.6 is 11.6 Å². The van der Waals surface area contributed by atoms with Crippen molar-refractivity contribution in [2.45, 2.75) is 89.9 Å². The number of pyridine rings is 3. The molecule has 638 valence electrons. The van der Waals surface area contributed by atoms with Gasteiger partial charge in [-0.05, 0) is 147 Å². The van der Waals surface area contributed by atoms with Crippen LogP contribution in [0, 0.1) is 0 Å². The molecule has 34 nitrogen and oxygen atoms in total. The van der Waals surface area contributed by atoms with Crippen LogP contribution in [-0.2, 0) is 9.47 Å². The highest BCUT2D eigenvalue weighted by Gasteiger charge is 2.28. The molecule has 6 aromatic carbocycles. The Bertz CT molecular complexity index is 7130. The lowest BCUT2D eigenvalue weighted by molar-refractivity contribution is -0.0299. The number of para-hydroxylation sites is 3. The summed E-state index contributed by atoms with van der Waals surface area (Å²) < 4.78 is 36.0. The van der Waals surface area contributed by atoms with Gasteiger partial charge in [0.25, 0.3) is 16.7 Å². The largest absolute Gasteiger partial charge is 0.491 e. The number of benzene rings is 6. The van der Waals surface area contributed by atoms with Crippen molar-refractivity contribution >= 4 is 107 Å². The molecule has 127 heavy (non-hydrogen) atoms. The predicted molar refractivity (Wildman–Crippen MR) is 483 cm³/mol. The maximum Gasteiger partial charge on any atom is 0.491 e. The molecule has 14 heterocycles. The number of nitrogens with one attached hydrogen (secondary N) is 4. The molecule has 5 atom stereocenters. The smallest absolute Gasteiger partial charge is 0.467 e. The minimum absolute atomic E-state index is 0.0718. The topological polar surface area (TPSA) is 408 Å². The Morgan fingerprint density at radius 2 is 0.827 bits per heavy atom. The van der Waals surface area contributed by atoms with Crippen molar-refractivity contribution in [3.05, 3.63) is 292 Å². The number of hydrogen-bond donors (Lipinski definition) is 6. The van der Waals surface area contributed by atoms with Crippen LogP contribution < -0.4 is 52.3 Å². The SMILES string of the molecule is COc1ncc(-c2cccc3cc([C@H](C)Nc4ncnc5c4ncn5C4CCCCO4)n(-c4ccccc4)c(=O)c23)cn1.COc1ncc(-c2cccc3cc([C@H](C)Nc4ncnc5nc[nH]c45)n(-c4ccccc4)c(=O)c23)cn1.COc1ncc(B(O)O)cn1.C[C@H](Nc1ncnc2c1ncn2C1CCCCO1)c1cc2cccc(Cl)c2c(=O)n1-c1ccccc1. The zero-order chi connectivity index (χ0) is 87.6. The molecule has 2 aliphatic rings. The molecule has 0 spiro atoms. The molecule has 0 bridgehead atoms. The fourth-order valence-corrected chi connectivity index (χ4v) is 16.0. The van der Waals surface area contributed by atoms with Gasteiger partial charge in [0.15, 0.2) is 45.4 Å². The molecule has 2 aliphatic heterocycles. The van der Waals surface area contributed by atoms with Crippen LogP contribution in [0.5, 0.6) is 18.0 Å². The molecule has 20 rings (SSSR count). The third-order valence-electron chi connectivity index (χ3n) is 21.9. The number of anilines is 3. The van der Waals surface area contributed by atoms with E-state index in [1.165, 1.54) is 52.7 Å². The van der Waals surface area contributed by atoms with Crippen molar-refractivity contribution in [1.82, 2.24) is 103 Å². The van der Waals surface area contributed by atoms with Crippen LogP contribution in [0.25, 0.3) is 105 Å². The van der Waals surface area contributed by atoms with E-state index >= 15 is 0 Å². The number of rotatable bonds is 20. The first-order valence-corrected chi connectivity index (χ1v) is 41.3. The monoisotopic (exact) mass is 1720 g/mol. The minimum Gasteiger partial charge on any atom is -0.467 e. The molecule has 0 aliphatic carbocycles. The van der Waals surface area contributed by atoms with Gasteiger partial charge in [0, 0.05) is 101 Å². The van der Waals surface area contributed by atoms with Crippen molar-refractivity contribution < 1.29 is 33.7 Å². The number of halogens is 1. The number of aromatic nitrogens is 21. The Labute approximate surface area is 729 Å². The minimum atomic E-state index is -1.53. The summed E-state index contributed by atoms with van der Waals surface area (Å²) in [5.74, 6) is 1.79. The highest BCUT2D eigenvalue weighted by atomic mass is 35.5. The first kappa shape index (κ1) is 84.1. The summed E-state index contributed by atoms with van der Waals surface area (Å²) >= 11 is 6.45. The predicted octanol–water partition coefficient (Wildman–Crippen LogP) is 13.6. The average Bonchev–Trinajstić information content (AvgIpc) is 1.49. The van der Waals surface area contributed by atoms with E-state index in [1.807, 2.05) is 188 Å². The number of imidazole rings is 3. The lowest BCUT2D eigenvalue weighted by atomic mass is 9.83. The molecule has 2 fully saturated rings. The van der Waals surface area contributed by atoms with Gasteiger partial charge >= 0.3 is 25.1 Å². The van der Waals surface area contributed by atoms with E-state index in [9.17, 15) is 14.4 Å². The van der Waals surface area contributed by atoms with Crippen LogP contribution in [0.4, 0.5) is 17.5 Å².